The van der Waals surface area contributed by atoms with Crippen molar-refractivity contribution in [3.05, 3.63) is 35.4 Å². The van der Waals surface area contributed by atoms with Gasteiger partial charge in [0.1, 0.15) is 5.82 Å². The predicted octanol–water partition coefficient (Wildman–Crippen LogP) is 3.37. The van der Waals surface area contributed by atoms with Crippen molar-refractivity contribution in [1.82, 2.24) is 15.1 Å². The molecule has 1 aliphatic heterocycles. The molecule has 3 rings (SSSR count). The van der Waals surface area contributed by atoms with E-state index >= 15 is 0 Å². The van der Waals surface area contributed by atoms with Gasteiger partial charge in [0.15, 0.2) is 0 Å². The van der Waals surface area contributed by atoms with E-state index < -0.39 is 21.8 Å². The van der Waals surface area contributed by atoms with Gasteiger partial charge in [-0.05, 0) is 50.1 Å². The van der Waals surface area contributed by atoms with Gasteiger partial charge in [0.25, 0.3) is 0 Å². The standard InChI is InChI=1S/C21H28F3N5O3S/c1-14-11-19(25-16-5-4-8-29(13-16)9-10-32-2)26-27-20(14)17-7-6-15(21(22,23)24)12-18(17)28-33(3,30)31/h6-7,11-12,16,28H,4-5,8-10,13H2,1-3H3,(H,25,26)/t16-/m1/s1. The van der Waals surface area contributed by atoms with E-state index in [1.807, 2.05) is 0 Å². The smallest absolute Gasteiger partial charge is 0.383 e. The highest BCUT2D eigenvalue weighted by Gasteiger charge is 2.32. The minimum absolute atomic E-state index is 0.184. The molecule has 182 valence electrons. The number of nitrogens with one attached hydrogen (secondary N) is 2. The molecule has 0 unspecified atom stereocenters. The van der Waals surface area contributed by atoms with Crippen molar-refractivity contribution in [3.63, 3.8) is 0 Å². The zero-order valence-electron chi connectivity index (χ0n) is 18.7. The van der Waals surface area contributed by atoms with E-state index in [-0.39, 0.29) is 17.3 Å². The van der Waals surface area contributed by atoms with Gasteiger partial charge in [0.2, 0.25) is 10.0 Å². The van der Waals surface area contributed by atoms with Gasteiger partial charge < -0.3 is 10.1 Å². The Morgan fingerprint density at radius 1 is 1.24 bits per heavy atom. The van der Waals surface area contributed by atoms with E-state index in [2.05, 4.69) is 25.1 Å². The molecule has 0 spiro atoms. The van der Waals surface area contributed by atoms with Crippen LogP contribution >= 0.6 is 0 Å². The number of nitrogens with zero attached hydrogens (tertiary/aromatic N) is 3. The van der Waals surface area contributed by atoms with E-state index in [4.69, 9.17) is 4.74 Å². The molecular weight excluding hydrogens is 459 g/mol. The number of likely N-dealkylation sites (tertiary alicyclic amines) is 1. The Labute approximate surface area is 191 Å². The molecule has 1 aliphatic rings. The van der Waals surface area contributed by atoms with Crippen LogP contribution in [-0.2, 0) is 20.9 Å². The number of anilines is 2. The second-order valence-electron chi connectivity index (χ2n) is 8.17. The van der Waals surface area contributed by atoms with Gasteiger partial charge in [-0.25, -0.2) is 8.42 Å². The summed E-state index contributed by atoms with van der Waals surface area (Å²) in [7, 11) is -2.14. The van der Waals surface area contributed by atoms with Gasteiger partial charge in [0.05, 0.1) is 29.8 Å². The van der Waals surface area contributed by atoms with Crippen LogP contribution in [0.15, 0.2) is 24.3 Å². The van der Waals surface area contributed by atoms with E-state index in [9.17, 15) is 21.6 Å². The summed E-state index contributed by atoms with van der Waals surface area (Å²) in [5.74, 6) is 0.555. The van der Waals surface area contributed by atoms with E-state index in [0.717, 1.165) is 50.9 Å². The topological polar surface area (TPSA) is 96.5 Å². The molecule has 1 atom stereocenters. The van der Waals surface area contributed by atoms with Crippen LogP contribution in [0.4, 0.5) is 24.7 Å². The molecule has 33 heavy (non-hydrogen) atoms. The van der Waals surface area contributed by atoms with Gasteiger partial charge in [-0.15, -0.1) is 10.2 Å². The number of piperidine rings is 1. The van der Waals surface area contributed by atoms with Crippen LogP contribution in [-0.4, -0.2) is 69.2 Å². The van der Waals surface area contributed by atoms with Crippen LogP contribution in [0.1, 0.15) is 24.0 Å². The third-order valence-corrected chi connectivity index (χ3v) is 5.94. The Morgan fingerprint density at radius 3 is 2.64 bits per heavy atom. The molecule has 1 saturated heterocycles. The van der Waals surface area contributed by atoms with Gasteiger partial charge in [0, 0.05) is 31.8 Å². The maximum atomic E-state index is 13.2. The average Bonchev–Trinajstić information content (AvgIpc) is 2.71. The maximum absolute atomic E-state index is 13.2. The van der Waals surface area contributed by atoms with Gasteiger partial charge >= 0.3 is 6.18 Å². The summed E-state index contributed by atoms with van der Waals surface area (Å²) < 4.78 is 70.3. The number of aryl methyl sites for hydroxylation is 1. The van der Waals surface area contributed by atoms with E-state index in [1.54, 1.807) is 20.1 Å². The predicted molar refractivity (Wildman–Crippen MR) is 121 cm³/mol. The number of aromatic nitrogens is 2. The summed E-state index contributed by atoms with van der Waals surface area (Å²) >= 11 is 0. The number of hydrogen-bond donors (Lipinski definition) is 2. The lowest BCUT2D eigenvalue weighted by atomic mass is 10.0. The number of ether oxygens (including phenoxy) is 1. The molecule has 1 aromatic carbocycles. The number of hydrogen-bond acceptors (Lipinski definition) is 7. The number of methoxy groups -OCH3 is 1. The lowest BCUT2D eigenvalue weighted by Gasteiger charge is -2.33. The molecule has 8 nitrogen and oxygen atoms in total. The molecule has 2 heterocycles. The number of alkyl halides is 3. The Kier molecular flexibility index (Phi) is 7.80. The fourth-order valence-corrected chi connectivity index (χ4v) is 4.41. The third-order valence-electron chi connectivity index (χ3n) is 5.35. The van der Waals surface area contributed by atoms with Gasteiger partial charge in [-0.2, -0.15) is 13.2 Å². The van der Waals surface area contributed by atoms with Gasteiger partial charge in [-0.1, -0.05) is 6.07 Å². The minimum atomic E-state index is -4.61. The Balaban J connectivity index is 1.84. The van der Waals surface area contributed by atoms with Crippen LogP contribution in [0, 0.1) is 6.92 Å². The summed E-state index contributed by atoms with van der Waals surface area (Å²) in [6.45, 7) is 5.12. The average molecular weight is 488 g/mol. The maximum Gasteiger partial charge on any atom is 0.416 e. The number of rotatable bonds is 8. The first kappa shape index (κ1) is 25.2. The molecule has 0 saturated carbocycles. The van der Waals surface area contributed by atoms with Crippen LogP contribution in [0.2, 0.25) is 0 Å². The highest BCUT2D eigenvalue weighted by molar-refractivity contribution is 7.92. The molecular formula is C21H28F3N5O3S. The number of sulfonamides is 1. The minimum Gasteiger partial charge on any atom is -0.383 e. The first-order valence-electron chi connectivity index (χ1n) is 10.5. The quantitative estimate of drug-likeness (QED) is 0.589. The van der Waals surface area contributed by atoms with Crippen LogP contribution < -0.4 is 10.0 Å². The Morgan fingerprint density at radius 2 is 2.00 bits per heavy atom. The number of halogens is 3. The van der Waals surface area contributed by atoms with Gasteiger partial charge in [-0.3, -0.25) is 9.62 Å². The zero-order valence-corrected chi connectivity index (χ0v) is 19.6. The van der Waals surface area contributed by atoms with Crippen molar-refractivity contribution >= 4 is 21.5 Å². The van der Waals surface area contributed by atoms with Crippen LogP contribution in [0.25, 0.3) is 11.3 Å². The Bertz CT molecular complexity index is 1080. The summed E-state index contributed by atoms with van der Waals surface area (Å²) in [6.07, 6.45) is -1.72. The normalized spacial score (nSPS) is 17.7. The first-order valence-corrected chi connectivity index (χ1v) is 12.4. The summed E-state index contributed by atoms with van der Waals surface area (Å²) in [5.41, 5.74) is -0.00171. The summed E-state index contributed by atoms with van der Waals surface area (Å²) in [5, 5.41) is 11.8. The molecule has 12 heteroatoms. The molecule has 0 bridgehead atoms. The second-order valence-corrected chi connectivity index (χ2v) is 9.92. The highest BCUT2D eigenvalue weighted by atomic mass is 32.2. The molecule has 2 N–H and O–H groups in total. The van der Waals surface area contributed by atoms with Crippen molar-refractivity contribution < 1.29 is 26.3 Å². The fourth-order valence-electron chi connectivity index (χ4n) is 3.84. The third kappa shape index (κ3) is 7.02. The lowest BCUT2D eigenvalue weighted by Crippen LogP contribution is -2.43. The Hall–Kier alpha value is -2.44. The van der Waals surface area contributed by atoms with Crippen molar-refractivity contribution in [2.24, 2.45) is 0 Å². The number of benzene rings is 1. The molecule has 0 radical (unpaired) electrons. The van der Waals surface area contributed by atoms with Crippen LogP contribution in [0.5, 0.6) is 0 Å². The van der Waals surface area contributed by atoms with Crippen LogP contribution in [0.3, 0.4) is 0 Å². The molecule has 2 aromatic rings. The lowest BCUT2D eigenvalue weighted by molar-refractivity contribution is -0.137. The van der Waals surface area contributed by atoms with E-state index in [1.165, 1.54) is 6.07 Å². The molecule has 1 fully saturated rings. The summed E-state index contributed by atoms with van der Waals surface area (Å²) in [6, 6.07) is 4.81. The second kappa shape index (κ2) is 10.2. The monoisotopic (exact) mass is 487 g/mol. The molecule has 0 aliphatic carbocycles. The fraction of sp³-hybridized carbons (Fsp3) is 0.524. The van der Waals surface area contributed by atoms with Crippen molar-refractivity contribution in [2.45, 2.75) is 32.0 Å². The molecule has 0 amide bonds. The highest BCUT2D eigenvalue weighted by Crippen LogP contribution is 2.36. The molecule has 1 aromatic heterocycles. The first-order chi connectivity index (χ1) is 15.5. The van der Waals surface area contributed by atoms with Crippen molar-refractivity contribution in [1.29, 1.82) is 0 Å². The summed E-state index contributed by atoms with van der Waals surface area (Å²) in [4.78, 5) is 2.31. The van der Waals surface area contributed by atoms with E-state index in [0.29, 0.717) is 23.7 Å². The van der Waals surface area contributed by atoms with Crippen molar-refractivity contribution in [3.8, 4) is 11.3 Å². The SMILES string of the molecule is COCCN1CCC[C@@H](Nc2cc(C)c(-c3ccc(C(F)(F)F)cc3NS(C)(=O)=O)nn2)C1. The van der Waals surface area contributed by atoms with Crippen molar-refractivity contribution in [2.75, 3.05) is 49.6 Å². The zero-order chi connectivity index (χ0) is 24.2. The largest absolute Gasteiger partial charge is 0.416 e.